The minimum absolute atomic E-state index is 0.000720. The van der Waals surface area contributed by atoms with Crippen LogP contribution in [-0.2, 0) is 0 Å². The molecule has 1 N–H and O–H groups in total. The van der Waals surface area contributed by atoms with Gasteiger partial charge in [0.05, 0.1) is 18.3 Å². The van der Waals surface area contributed by atoms with Gasteiger partial charge in [-0.3, -0.25) is 4.90 Å². The van der Waals surface area contributed by atoms with E-state index in [9.17, 15) is 5.11 Å². The molecule has 3 fully saturated rings. The third kappa shape index (κ3) is 3.74. The number of halogens is 1. The molecule has 2 aliphatic heterocycles. The second-order valence-electron chi connectivity index (χ2n) is 8.81. The van der Waals surface area contributed by atoms with E-state index in [1.165, 1.54) is 13.4 Å². The Labute approximate surface area is 190 Å². The molecule has 0 unspecified atom stereocenters. The van der Waals surface area contributed by atoms with E-state index in [-0.39, 0.29) is 23.6 Å². The number of rotatable bonds is 5. The number of phenolic OH excluding ortho intramolecular Hbond substituents is 1. The first-order chi connectivity index (χ1) is 15.9. The van der Waals surface area contributed by atoms with Gasteiger partial charge in [0.15, 0.2) is 12.0 Å². The smallest absolute Gasteiger partial charge is 0.319 e. The maximum absolute atomic E-state index is 15.2. The fraction of sp³-hybridized carbons (Fsp3) is 0.435. The molecule has 3 aromatic rings. The molecule has 172 valence electrons. The molecule has 1 aromatic carbocycles. The molecular weight excluding hydrogens is 427 g/mol. The number of hydrogen-bond donors (Lipinski definition) is 1. The number of methoxy groups -OCH3 is 1. The number of aromatic hydroxyl groups is 1. The second kappa shape index (κ2) is 8.18. The van der Waals surface area contributed by atoms with Crippen molar-refractivity contribution in [3.8, 4) is 40.3 Å². The Kier molecular flexibility index (Phi) is 5.32. The molecule has 0 amide bonds. The van der Waals surface area contributed by atoms with Gasteiger partial charge in [-0.1, -0.05) is 6.07 Å². The van der Waals surface area contributed by atoms with Gasteiger partial charge in [0, 0.05) is 29.7 Å². The molecule has 2 bridgehead atoms. The van der Waals surface area contributed by atoms with Crippen LogP contribution >= 0.6 is 0 Å². The molecule has 33 heavy (non-hydrogen) atoms. The molecule has 3 aliphatic rings. The highest BCUT2D eigenvalue weighted by Gasteiger charge is 2.55. The van der Waals surface area contributed by atoms with Crippen LogP contribution in [0.3, 0.4) is 0 Å². The van der Waals surface area contributed by atoms with Crippen LogP contribution in [0, 0.1) is 5.92 Å². The van der Waals surface area contributed by atoms with Gasteiger partial charge in [0.1, 0.15) is 18.2 Å². The Hall–Kier alpha value is -3.40. The van der Waals surface area contributed by atoms with Crippen molar-refractivity contribution in [1.29, 1.82) is 0 Å². The van der Waals surface area contributed by atoms with Crippen molar-refractivity contribution >= 4 is 0 Å². The average Bonchev–Trinajstić information content (AvgIpc) is 2.83. The average molecular weight is 452 g/mol. The first kappa shape index (κ1) is 21.4. The molecule has 0 spiro atoms. The van der Waals surface area contributed by atoms with Gasteiger partial charge in [-0.25, -0.2) is 9.37 Å². The zero-order valence-electron chi connectivity index (χ0n) is 18.6. The van der Waals surface area contributed by atoms with Gasteiger partial charge >= 0.3 is 6.01 Å². The Morgan fingerprint density at radius 1 is 1.18 bits per heavy atom. The summed E-state index contributed by atoms with van der Waals surface area (Å²) in [6.45, 7) is 2.76. The van der Waals surface area contributed by atoms with Crippen LogP contribution < -0.4 is 9.47 Å². The third-order valence-corrected chi connectivity index (χ3v) is 6.91. The normalized spacial score (nSPS) is 26.8. The van der Waals surface area contributed by atoms with Crippen molar-refractivity contribution in [2.45, 2.75) is 37.6 Å². The van der Waals surface area contributed by atoms with Crippen LogP contribution in [0.2, 0.25) is 0 Å². The number of hydrogen-bond acceptors (Lipinski definition) is 9. The summed E-state index contributed by atoms with van der Waals surface area (Å²) in [6, 6.07) is 8.56. The van der Waals surface area contributed by atoms with Gasteiger partial charge in [0.25, 0.3) is 0 Å². The lowest BCUT2D eigenvalue weighted by Crippen LogP contribution is -2.68. The Bertz CT molecular complexity index is 1160. The Morgan fingerprint density at radius 3 is 2.73 bits per heavy atom. The number of ether oxygens (including phenoxy) is 2. The number of aromatic nitrogens is 5. The molecule has 4 heterocycles. The summed E-state index contributed by atoms with van der Waals surface area (Å²) in [5, 5.41) is 18.9. The van der Waals surface area contributed by atoms with Gasteiger partial charge < -0.3 is 14.6 Å². The summed E-state index contributed by atoms with van der Waals surface area (Å²) < 4.78 is 26.2. The number of benzene rings is 1. The number of fused-ring (bicyclic) bond motifs is 3. The second-order valence-corrected chi connectivity index (χ2v) is 8.81. The van der Waals surface area contributed by atoms with E-state index in [1.807, 2.05) is 14.0 Å². The van der Waals surface area contributed by atoms with Crippen LogP contribution in [0.15, 0.2) is 36.7 Å². The number of alkyl halides is 1. The van der Waals surface area contributed by atoms with E-state index in [0.717, 1.165) is 19.4 Å². The van der Waals surface area contributed by atoms with E-state index in [4.69, 9.17) is 9.47 Å². The largest absolute Gasteiger partial charge is 0.507 e. The van der Waals surface area contributed by atoms with Crippen LogP contribution in [0.25, 0.3) is 22.6 Å². The molecule has 0 radical (unpaired) electrons. The lowest BCUT2D eigenvalue weighted by Gasteiger charge is -2.56. The molecule has 9 nitrogen and oxygen atoms in total. The Morgan fingerprint density at radius 2 is 2.03 bits per heavy atom. The fourth-order valence-corrected chi connectivity index (χ4v) is 4.76. The van der Waals surface area contributed by atoms with Gasteiger partial charge in [0.2, 0.25) is 5.88 Å². The SMILES string of the molecule is COc1ncnc(-c2ccc(-c3ccc(O[C@@H]4[C@H]5CC[C@@](C)([C@H]4F)N(C)C5)nn3)c(O)c2)n1. The quantitative estimate of drug-likeness (QED) is 0.625. The van der Waals surface area contributed by atoms with Crippen molar-refractivity contribution in [1.82, 2.24) is 30.0 Å². The predicted molar refractivity (Wildman–Crippen MR) is 118 cm³/mol. The van der Waals surface area contributed by atoms with E-state index < -0.39 is 17.8 Å². The molecule has 4 atom stereocenters. The van der Waals surface area contributed by atoms with Crippen LogP contribution in [-0.4, -0.2) is 73.7 Å². The third-order valence-electron chi connectivity index (χ3n) is 6.91. The summed E-state index contributed by atoms with van der Waals surface area (Å²) in [6.07, 6.45) is 1.47. The minimum Gasteiger partial charge on any atom is -0.507 e. The number of phenols is 1. The molecule has 10 heteroatoms. The molecular formula is C23H25FN6O3. The molecule has 6 rings (SSSR count). The van der Waals surface area contributed by atoms with Crippen molar-refractivity contribution in [2.75, 3.05) is 20.7 Å². The summed E-state index contributed by atoms with van der Waals surface area (Å²) in [4.78, 5) is 14.3. The van der Waals surface area contributed by atoms with Crippen LogP contribution in [0.4, 0.5) is 4.39 Å². The van der Waals surface area contributed by atoms with Gasteiger partial charge in [-0.15, -0.1) is 10.2 Å². The van der Waals surface area contributed by atoms with Crippen molar-refractivity contribution in [3.05, 3.63) is 36.7 Å². The maximum atomic E-state index is 15.2. The highest BCUT2D eigenvalue weighted by Crippen LogP contribution is 2.45. The molecule has 1 aliphatic carbocycles. The summed E-state index contributed by atoms with van der Waals surface area (Å²) in [5.74, 6) is 0.775. The van der Waals surface area contributed by atoms with E-state index >= 15 is 4.39 Å². The lowest BCUT2D eigenvalue weighted by molar-refractivity contribution is -0.136. The summed E-state index contributed by atoms with van der Waals surface area (Å²) >= 11 is 0. The molecule has 2 saturated heterocycles. The predicted octanol–water partition coefficient (Wildman–Crippen LogP) is 2.91. The summed E-state index contributed by atoms with van der Waals surface area (Å²) in [5.41, 5.74) is 1.05. The number of piperidine rings is 2. The van der Waals surface area contributed by atoms with E-state index in [1.54, 1.807) is 30.3 Å². The monoisotopic (exact) mass is 452 g/mol. The zero-order valence-corrected chi connectivity index (χ0v) is 18.6. The van der Waals surface area contributed by atoms with Crippen molar-refractivity contribution in [2.24, 2.45) is 5.92 Å². The highest BCUT2D eigenvalue weighted by molar-refractivity contribution is 5.71. The molecule has 1 saturated carbocycles. The standard InChI is InChI=1S/C23H25FN6O3/c1-23-9-8-14(11-30(23)2)19(20(23)24)33-18-7-6-16(28-29-18)15-5-4-13(10-17(15)31)21-25-12-26-22(27-21)32-3/h4-7,10,12,14,19-20,31H,8-9,11H2,1-3H3/t14-,19+,20-,23-/m0/s1. The van der Waals surface area contributed by atoms with Gasteiger partial charge in [-0.2, -0.15) is 9.97 Å². The lowest BCUT2D eigenvalue weighted by atomic mass is 9.68. The van der Waals surface area contributed by atoms with Gasteiger partial charge in [-0.05, 0) is 45.0 Å². The minimum atomic E-state index is -1.10. The van der Waals surface area contributed by atoms with Crippen LogP contribution in [0.1, 0.15) is 19.8 Å². The van der Waals surface area contributed by atoms with E-state index in [2.05, 4.69) is 30.0 Å². The first-order valence-corrected chi connectivity index (χ1v) is 10.8. The van der Waals surface area contributed by atoms with Crippen molar-refractivity contribution in [3.63, 3.8) is 0 Å². The van der Waals surface area contributed by atoms with Crippen molar-refractivity contribution < 1.29 is 19.0 Å². The summed E-state index contributed by atoms with van der Waals surface area (Å²) in [7, 11) is 3.44. The topological polar surface area (TPSA) is 106 Å². The van der Waals surface area contributed by atoms with Crippen LogP contribution in [0.5, 0.6) is 17.6 Å². The number of nitrogens with zero attached hydrogens (tertiary/aromatic N) is 6. The van der Waals surface area contributed by atoms with E-state index in [0.29, 0.717) is 22.6 Å². The fourth-order valence-electron chi connectivity index (χ4n) is 4.76. The first-order valence-electron chi connectivity index (χ1n) is 10.8. The maximum Gasteiger partial charge on any atom is 0.319 e. The zero-order chi connectivity index (χ0) is 23.2. The highest BCUT2D eigenvalue weighted by atomic mass is 19.1. The molecule has 2 aromatic heterocycles. The Balaban J connectivity index is 1.34.